The van der Waals surface area contributed by atoms with Crippen molar-refractivity contribution in [2.45, 2.75) is 11.7 Å². The van der Waals surface area contributed by atoms with Gasteiger partial charge in [0.1, 0.15) is 0 Å². The zero-order valence-corrected chi connectivity index (χ0v) is 12.0. The lowest BCUT2D eigenvalue weighted by molar-refractivity contribution is 0.157. The topological polar surface area (TPSA) is 69.9 Å². The molecule has 3 N–H and O–H groups in total. The van der Waals surface area contributed by atoms with Gasteiger partial charge in [0.15, 0.2) is 0 Å². The minimum absolute atomic E-state index is 0.514. The highest BCUT2D eigenvalue weighted by Gasteiger charge is 2.54. The van der Waals surface area contributed by atoms with E-state index in [0.717, 1.165) is 0 Å². The third-order valence-corrected chi connectivity index (χ3v) is 5.77. The van der Waals surface area contributed by atoms with Gasteiger partial charge in [-0.3, -0.25) is 0 Å². The van der Waals surface area contributed by atoms with E-state index in [0.29, 0.717) is 11.1 Å². The van der Waals surface area contributed by atoms with Crippen molar-refractivity contribution in [3.8, 4) is 0 Å². The summed E-state index contributed by atoms with van der Waals surface area (Å²) >= 11 is 0. The van der Waals surface area contributed by atoms with Crippen LogP contribution in [-0.2, 0) is 4.52 Å². The van der Waals surface area contributed by atoms with Crippen LogP contribution in [0.15, 0.2) is 60.7 Å². The van der Waals surface area contributed by atoms with E-state index in [-0.39, 0.29) is 0 Å². The summed E-state index contributed by atoms with van der Waals surface area (Å²) in [7, 11) is -2.17. The van der Waals surface area contributed by atoms with Crippen LogP contribution in [0.4, 0.5) is 0 Å². The normalized spacial score (nSPS) is 14.8. The van der Waals surface area contributed by atoms with Crippen LogP contribution < -0.4 is 0 Å². The van der Waals surface area contributed by atoms with Gasteiger partial charge < -0.3 is 10.2 Å². The molecule has 0 aliphatic carbocycles. The summed E-state index contributed by atoms with van der Waals surface area (Å²) in [6.07, 6.45) is 0. The van der Waals surface area contributed by atoms with Gasteiger partial charge in [0, 0.05) is 11.1 Å². The highest BCUT2D eigenvalue weighted by Crippen LogP contribution is 2.73. The van der Waals surface area contributed by atoms with E-state index in [1.165, 1.54) is 7.11 Å². The van der Waals surface area contributed by atoms with Crippen molar-refractivity contribution in [1.82, 2.24) is 0 Å². The van der Waals surface area contributed by atoms with Crippen molar-refractivity contribution < 1.29 is 19.6 Å². The SMILES string of the molecule is CO[P+](O)([C@H](O)c1ccccc1)[C@H](O)c1ccccc1. The molecule has 2 rings (SSSR count). The van der Waals surface area contributed by atoms with Crippen molar-refractivity contribution in [2.24, 2.45) is 0 Å². The molecule has 2 atom stereocenters. The molecule has 0 saturated heterocycles. The molecule has 5 heteroatoms. The van der Waals surface area contributed by atoms with Crippen LogP contribution in [0.5, 0.6) is 0 Å². The smallest absolute Gasteiger partial charge is 0.339 e. The molecule has 20 heavy (non-hydrogen) atoms. The van der Waals surface area contributed by atoms with E-state index in [9.17, 15) is 15.1 Å². The van der Waals surface area contributed by atoms with E-state index in [2.05, 4.69) is 0 Å². The van der Waals surface area contributed by atoms with Crippen molar-refractivity contribution >= 4 is 7.72 Å². The number of hydrogen-bond acceptors (Lipinski definition) is 4. The number of rotatable bonds is 5. The molecule has 0 unspecified atom stereocenters. The molecule has 0 saturated carbocycles. The van der Waals surface area contributed by atoms with Gasteiger partial charge in [0.25, 0.3) is 0 Å². The minimum Gasteiger partial charge on any atom is -0.351 e. The molecule has 0 bridgehead atoms. The van der Waals surface area contributed by atoms with Crippen LogP contribution in [-0.4, -0.2) is 22.2 Å². The number of hydrogen-bond donors (Lipinski definition) is 3. The Morgan fingerprint density at radius 2 is 1.15 bits per heavy atom. The number of benzene rings is 2. The second-order valence-electron chi connectivity index (χ2n) is 4.42. The predicted molar refractivity (Wildman–Crippen MR) is 79.0 cm³/mol. The van der Waals surface area contributed by atoms with E-state index in [1.807, 2.05) is 12.1 Å². The fourth-order valence-corrected chi connectivity index (χ4v) is 3.88. The van der Waals surface area contributed by atoms with Crippen LogP contribution >= 0.6 is 7.72 Å². The summed E-state index contributed by atoms with van der Waals surface area (Å²) in [6, 6.07) is 17.4. The highest BCUT2D eigenvalue weighted by atomic mass is 31.2. The fourth-order valence-electron chi connectivity index (χ4n) is 2.01. The monoisotopic (exact) mass is 293 g/mol. The third-order valence-electron chi connectivity index (χ3n) is 3.19. The molecule has 0 heterocycles. The van der Waals surface area contributed by atoms with Gasteiger partial charge in [0.05, 0.1) is 7.11 Å². The number of aliphatic hydroxyl groups is 2. The predicted octanol–water partition coefficient (Wildman–Crippen LogP) is 2.85. The summed E-state index contributed by atoms with van der Waals surface area (Å²) in [5.41, 5.74) is 1.03. The molecular formula is C15H18O4P+. The Bertz CT molecular complexity index is 487. The first-order valence-corrected chi connectivity index (χ1v) is 8.02. The van der Waals surface area contributed by atoms with Gasteiger partial charge in [-0.05, 0) is 0 Å². The molecule has 2 aromatic rings. The highest BCUT2D eigenvalue weighted by molar-refractivity contribution is 7.65. The molecule has 0 fully saturated rings. The summed E-state index contributed by atoms with van der Waals surface area (Å²) < 4.78 is 5.14. The largest absolute Gasteiger partial charge is 0.351 e. The van der Waals surface area contributed by atoms with Crippen LogP contribution in [0.2, 0.25) is 0 Å². The van der Waals surface area contributed by atoms with Gasteiger partial charge in [-0.2, -0.15) is 0 Å². The summed E-state index contributed by atoms with van der Waals surface area (Å²) in [6.45, 7) is 0. The van der Waals surface area contributed by atoms with Crippen LogP contribution in [0.25, 0.3) is 0 Å². The molecule has 0 radical (unpaired) electrons. The van der Waals surface area contributed by atoms with Crippen LogP contribution in [0, 0.1) is 0 Å². The van der Waals surface area contributed by atoms with E-state index < -0.39 is 19.4 Å². The molecule has 0 spiro atoms. The molecule has 106 valence electrons. The first kappa shape index (κ1) is 15.1. The molecular weight excluding hydrogens is 275 g/mol. The lowest BCUT2D eigenvalue weighted by Crippen LogP contribution is -2.14. The van der Waals surface area contributed by atoms with Crippen molar-refractivity contribution in [1.29, 1.82) is 0 Å². The summed E-state index contributed by atoms with van der Waals surface area (Å²) in [4.78, 5) is 10.7. The molecule has 0 aliphatic rings. The van der Waals surface area contributed by atoms with E-state index in [1.54, 1.807) is 48.5 Å². The quantitative estimate of drug-likeness (QED) is 0.741. The molecule has 0 aliphatic heterocycles. The van der Waals surface area contributed by atoms with Crippen molar-refractivity contribution in [3.05, 3.63) is 71.8 Å². The van der Waals surface area contributed by atoms with Gasteiger partial charge in [-0.1, -0.05) is 60.7 Å². The van der Waals surface area contributed by atoms with Gasteiger partial charge >= 0.3 is 7.72 Å². The van der Waals surface area contributed by atoms with E-state index in [4.69, 9.17) is 4.52 Å². The molecule has 4 nitrogen and oxygen atoms in total. The Balaban J connectivity index is 2.33. The zero-order valence-electron chi connectivity index (χ0n) is 11.1. The van der Waals surface area contributed by atoms with Gasteiger partial charge in [0.2, 0.25) is 11.7 Å². The maximum atomic E-state index is 10.7. The molecule has 0 aromatic heterocycles. The summed E-state index contributed by atoms with van der Waals surface area (Å²) in [5.74, 6) is -2.52. The average Bonchev–Trinajstić information content (AvgIpc) is 2.54. The second-order valence-corrected chi connectivity index (χ2v) is 7.11. The van der Waals surface area contributed by atoms with Crippen LogP contribution in [0.3, 0.4) is 0 Å². The standard InChI is InChI=1S/C15H18O4P/c1-19-20(18,14(16)12-8-4-2-5-9-12)15(17)13-10-6-3-7-11-13/h2-11,14-18H,1H3/q+1/t14-,15-/m0/s1. The Morgan fingerprint density at radius 3 is 1.45 bits per heavy atom. The Hall–Kier alpha value is -1.29. The Labute approximate surface area is 118 Å². The van der Waals surface area contributed by atoms with Crippen molar-refractivity contribution in [3.63, 3.8) is 0 Å². The lowest BCUT2D eigenvalue weighted by Gasteiger charge is -2.26. The Kier molecular flexibility index (Phi) is 4.86. The Morgan fingerprint density at radius 1 is 0.800 bits per heavy atom. The average molecular weight is 293 g/mol. The lowest BCUT2D eigenvalue weighted by atomic mass is 10.2. The maximum Gasteiger partial charge on any atom is 0.339 e. The summed E-state index contributed by atoms with van der Waals surface area (Å²) in [5, 5.41) is 20.8. The number of aliphatic hydroxyl groups excluding tert-OH is 2. The second kappa shape index (κ2) is 6.44. The minimum atomic E-state index is -3.47. The fraction of sp³-hybridized carbons (Fsp3) is 0.200. The first-order valence-electron chi connectivity index (χ1n) is 6.22. The third kappa shape index (κ3) is 2.90. The van der Waals surface area contributed by atoms with Crippen molar-refractivity contribution in [2.75, 3.05) is 7.11 Å². The zero-order chi connectivity index (χ0) is 14.6. The maximum absolute atomic E-state index is 10.7. The molecule has 0 amide bonds. The molecule has 2 aromatic carbocycles. The first-order chi connectivity index (χ1) is 9.59. The van der Waals surface area contributed by atoms with Gasteiger partial charge in [-0.15, -0.1) is 0 Å². The van der Waals surface area contributed by atoms with E-state index >= 15 is 0 Å². The van der Waals surface area contributed by atoms with Gasteiger partial charge in [-0.25, -0.2) is 9.42 Å². The van der Waals surface area contributed by atoms with Crippen LogP contribution in [0.1, 0.15) is 22.8 Å².